The third-order valence-electron chi connectivity index (χ3n) is 4.52. The fourth-order valence-corrected chi connectivity index (χ4v) is 3.53. The molecule has 1 aromatic carbocycles. The van der Waals surface area contributed by atoms with Crippen LogP contribution in [0.3, 0.4) is 0 Å². The Morgan fingerprint density at radius 3 is 2.50 bits per heavy atom. The number of hydrogen-bond acceptors (Lipinski definition) is 3. The number of nitrogens with one attached hydrogen (secondary N) is 2. The van der Waals surface area contributed by atoms with Crippen molar-refractivity contribution in [2.24, 2.45) is 0 Å². The lowest BCUT2D eigenvalue weighted by Gasteiger charge is -2.30. The number of amides is 2. The van der Waals surface area contributed by atoms with Gasteiger partial charge in [-0.05, 0) is 50.3 Å². The minimum Gasteiger partial charge on any atom is -0.459 e. The summed E-state index contributed by atoms with van der Waals surface area (Å²) >= 11 is 3.40. The van der Waals surface area contributed by atoms with Crippen molar-refractivity contribution in [2.45, 2.75) is 51.2 Å². The molecule has 5 nitrogen and oxygen atoms in total. The predicted octanol–water partition coefficient (Wildman–Crippen LogP) is 3.95. The number of allylic oxidation sites excluding steroid dienone is 1. The van der Waals surface area contributed by atoms with E-state index in [1.54, 1.807) is 6.92 Å². The van der Waals surface area contributed by atoms with Gasteiger partial charge in [-0.2, -0.15) is 0 Å². The second kappa shape index (κ2) is 7.38. The SMILES string of the molecule is CC1=C(C(=O)OC2CCCCC2)[C@@H](c2ccc(Br)cc2)NC(=O)N1. The Morgan fingerprint density at radius 1 is 1.17 bits per heavy atom. The van der Waals surface area contributed by atoms with Gasteiger partial charge in [-0.15, -0.1) is 0 Å². The van der Waals surface area contributed by atoms with Crippen molar-refractivity contribution >= 4 is 27.9 Å². The van der Waals surface area contributed by atoms with E-state index in [9.17, 15) is 9.59 Å². The van der Waals surface area contributed by atoms with Crippen molar-refractivity contribution in [1.29, 1.82) is 0 Å². The zero-order valence-electron chi connectivity index (χ0n) is 13.6. The van der Waals surface area contributed by atoms with Crippen LogP contribution in [-0.4, -0.2) is 18.1 Å². The summed E-state index contributed by atoms with van der Waals surface area (Å²) < 4.78 is 6.66. The van der Waals surface area contributed by atoms with Crippen LogP contribution in [0.15, 0.2) is 40.0 Å². The first-order valence-electron chi connectivity index (χ1n) is 8.29. The molecular weight excluding hydrogens is 372 g/mol. The van der Waals surface area contributed by atoms with E-state index in [1.807, 2.05) is 24.3 Å². The standard InChI is InChI=1S/C18H21BrN2O3/c1-11-15(17(22)24-14-5-3-2-4-6-14)16(21-18(23)20-11)12-7-9-13(19)10-8-12/h7-10,14,16H,2-6H2,1H3,(H2,20,21,23)/t16-/m1/s1. The van der Waals surface area contributed by atoms with Gasteiger partial charge in [-0.25, -0.2) is 9.59 Å². The van der Waals surface area contributed by atoms with Crippen molar-refractivity contribution in [1.82, 2.24) is 10.6 Å². The molecule has 128 valence electrons. The van der Waals surface area contributed by atoms with Crippen LogP contribution in [0.5, 0.6) is 0 Å². The molecule has 0 unspecified atom stereocenters. The topological polar surface area (TPSA) is 67.4 Å². The Bertz CT molecular complexity index is 663. The van der Waals surface area contributed by atoms with Crippen LogP contribution in [0, 0.1) is 0 Å². The molecule has 1 aliphatic heterocycles. The summed E-state index contributed by atoms with van der Waals surface area (Å²) in [6, 6.07) is 6.76. The number of halogens is 1. The number of esters is 1. The van der Waals surface area contributed by atoms with E-state index in [2.05, 4.69) is 26.6 Å². The van der Waals surface area contributed by atoms with Crippen molar-refractivity contribution in [2.75, 3.05) is 0 Å². The summed E-state index contributed by atoms with van der Waals surface area (Å²) in [5.41, 5.74) is 1.87. The van der Waals surface area contributed by atoms with Crippen LogP contribution in [0.25, 0.3) is 0 Å². The van der Waals surface area contributed by atoms with Gasteiger partial charge >= 0.3 is 12.0 Å². The Balaban J connectivity index is 1.85. The first kappa shape index (κ1) is 17.0. The molecule has 1 atom stereocenters. The molecule has 1 aliphatic carbocycles. The lowest BCUT2D eigenvalue weighted by atomic mass is 9.95. The molecule has 0 saturated heterocycles. The minimum absolute atomic E-state index is 0.0188. The van der Waals surface area contributed by atoms with E-state index in [-0.39, 0.29) is 18.1 Å². The van der Waals surface area contributed by atoms with Gasteiger partial charge < -0.3 is 15.4 Å². The van der Waals surface area contributed by atoms with Crippen LogP contribution < -0.4 is 10.6 Å². The van der Waals surface area contributed by atoms with E-state index in [0.29, 0.717) is 11.3 Å². The lowest BCUT2D eigenvalue weighted by Crippen LogP contribution is -2.45. The molecule has 0 spiro atoms. The number of urea groups is 1. The van der Waals surface area contributed by atoms with Crippen molar-refractivity contribution < 1.29 is 14.3 Å². The van der Waals surface area contributed by atoms with Gasteiger partial charge in [-0.3, -0.25) is 0 Å². The van der Waals surface area contributed by atoms with E-state index >= 15 is 0 Å². The third-order valence-corrected chi connectivity index (χ3v) is 5.05. The van der Waals surface area contributed by atoms with Crippen LogP contribution >= 0.6 is 15.9 Å². The van der Waals surface area contributed by atoms with Gasteiger partial charge in [0.25, 0.3) is 0 Å². The normalized spacial score (nSPS) is 21.9. The van der Waals surface area contributed by atoms with Crippen molar-refractivity contribution in [3.8, 4) is 0 Å². The highest BCUT2D eigenvalue weighted by molar-refractivity contribution is 9.10. The van der Waals surface area contributed by atoms with Gasteiger partial charge in [0.15, 0.2) is 0 Å². The molecule has 1 saturated carbocycles. The number of rotatable bonds is 3. The Hall–Kier alpha value is -1.82. The number of carbonyl (C=O) groups is 2. The average molecular weight is 393 g/mol. The number of ether oxygens (including phenoxy) is 1. The highest BCUT2D eigenvalue weighted by Crippen LogP contribution is 2.30. The van der Waals surface area contributed by atoms with E-state index in [4.69, 9.17) is 4.74 Å². The minimum atomic E-state index is -0.497. The summed E-state index contributed by atoms with van der Waals surface area (Å²) in [5.74, 6) is -0.347. The molecule has 3 rings (SSSR count). The molecule has 2 N–H and O–H groups in total. The van der Waals surface area contributed by atoms with Gasteiger partial charge in [-0.1, -0.05) is 34.5 Å². The average Bonchev–Trinajstić information content (AvgIpc) is 2.55. The summed E-state index contributed by atoms with van der Waals surface area (Å²) in [6.45, 7) is 1.74. The van der Waals surface area contributed by atoms with E-state index < -0.39 is 6.04 Å². The molecule has 1 fully saturated rings. The number of benzene rings is 1. The monoisotopic (exact) mass is 392 g/mol. The molecular formula is C18H21BrN2O3. The van der Waals surface area contributed by atoms with E-state index in [1.165, 1.54) is 6.42 Å². The molecule has 0 bridgehead atoms. The highest BCUT2D eigenvalue weighted by atomic mass is 79.9. The summed E-state index contributed by atoms with van der Waals surface area (Å²) in [5, 5.41) is 5.50. The maximum absolute atomic E-state index is 12.8. The quantitative estimate of drug-likeness (QED) is 0.765. The lowest BCUT2D eigenvalue weighted by molar-refractivity contribution is -0.146. The maximum atomic E-state index is 12.8. The molecule has 24 heavy (non-hydrogen) atoms. The summed E-state index contributed by atoms with van der Waals surface area (Å²) in [6.07, 6.45) is 5.22. The molecule has 0 radical (unpaired) electrons. The summed E-state index contributed by atoms with van der Waals surface area (Å²) in [4.78, 5) is 24.6. The van der Waals surface area contributed by atoms with Crippen molar-refractivity contribution in [3.05, 3.63) is 45.6 Å². The maximum Gasteiger partial charge on any atom is 0.338 e. The smallest absolute Gasteiger partial charge is 0.338 e. The number of carbonyl (C=O) groups excluding carboxylic acids is 2. The first-order chi connectivity index (χ1) is 11.5. The van der Waals surface area contributed by atoms with Crippen LogP contribution in [0.1, 0.15) is 50.6 Å². The van der Waals surface area contributed by atoms with Crippen molar-refractivity contribution in [3.63, 3.8) is 0 Å². The Morgan fingerprint density at radius 2 is 1.83 bits per heavy atom. The van der Waals surface area contributed by atoms with Crippen LogP contribution in [0.2, 0.25) is 0 Å². The van der Waals surface area contributed by atoms with Gasteiger partial charge in [0.2, 0.25) is 0 Å². The van der Waals surface area contributed by atoms with Gasteiger partial charge in [0, 0.05) is 10.2 Å². The fourth-order valence-electron chi connectivity index (χ4n) is 3.27. The predicted molar refractivity (Wildman–Crippen MR) is 94.2 cm³/mol. The molecule has 1 heterocycles. The number of hydrogen-bond donors (Lipinski definition) is 2. The molecule has 0 aromatic heterocycles. The fraction of sp³-hybridized carbons (Fsp3) is 0.444. The molecule has 6 heteroatoms. The zero-order chi connectivity index (χ0) is 17.1. The second-order valence-electron chi connectivity index (χ2n) is 6.29. The van der Waals surface area contributed by atoms with E-state index in [0.717, 1.165) is 35.7 Å². The molecule has 2 amide bonds. The van der Waals surface area contributed by atoms with Crippen LogP contribution in [-0.2, 0) is 9.53 Å². The Kier molecular flexibility index (Phi) is 5.23. The largest absolute Gasteiger partial charge is 0.459 e. The third kappa shape index (κ3) is 3.80. The van der Waals surface area contributed by atoms with Gasteiger partial charge in [0.05, 0.1) is 11.6 Å². The van der Waals surface area contributed by atoms with Crippen LogP contribution in [0.4, 0.5) is 4.79 Å². The molecule has 2 aliphatic rings. The second-order valence-corrected chi connectivity index (χ2v) is 7.20. The van der Waals surface area contributed by atoms with Gasteiger partial charge in [0.1, 0.15) is 6.10 Å². The highest BCUT2D eigenvalue weighted by Gasteiger charge is 2.33. The Labute approximate surface area is 150 Å². The first-order valence-corrected chi connectivity index (χ1v) is 9.08. The molecule has 1 aromatic rings. The summed E-state index contributed by atoms with van der Waals surface area (Å²) in [7, 11) is 0. The zero-order valence-corrected chi connectivity index (χ0v) is 15.2.